The molecule has 0 aromatic heterocycles. The van der Waals surface area contributed by atoms with Gasteiger partial charge in [-0.25, -0.2) is 0 Å². The van der Waals surface area contributed by atoms with E-state index in [0.29, 0.717) is 19.8 Å². The second-order valence-electron chi connectivity index (χ2n) is 5.12. The van der Waals surface area contributed by atoms with Gasteiger partial charge in [0, 0.05) is 13.0 Å². The number of aryl methyl sites for hydroxylation is 1. The number of benzene rings is 2. The Morgan fingerprint density at radius 1 is 1.10 bits per heavy atom. The van der Waals surface area contributed by atoms with Crippen LogP contribution in [0.2, 0.25) is 5.02 Å². The molecular weight excluding hydrogens is 286 g/mol. The second-order valence-corrected chi connectivity index (χ2v) is 5.52. The van der Waals surface area contributed by atoms with E-state index in [0.717, 1.165) is 39.8 Å². The fourth-order valence-electron chi connectivity index (χ4n) is 2.36. The number of para-hydroxylation sites is 1. The summed E-state index contributed by atoms with van der Waals surface area (Å²) in [7, 11) is 0. The van der Waals surface area contributed by atoms with E-state index in [1.165, 1.54) is 0 Å². The number of ether oxygens (including phenoxy) is 2. The van der Waals surface area contributed by atoms with Crippen LogP contribution < -0.4 is 14.8 Å². The SMILES string of the molecule is Cc1cccc(Cl)c1NCc1ccc2c(c1)OCCCO2. The number of nitrogens with one attached hydrogen (secondary N) is 1. The Balaban J connectivity index is 1.75. The van der Waals surface area contributed by atoms with Crippen molar-refractivity contribution < 1.29 is 9.47 Å². The lowest BCUT2D eigenvalue weighted by molar-refractivity contribution is 0.297. The summed E-state index contributed by atoms with van der Waals surface area (Å²) in [6.45, 7) is 4.15. The standard InChI is InChI=1S/C17H18ClNO2/c1-12-4-2-5-14(18)17(12)19-11-13-6-7-15-16(10-13)21-9-3-8-20-15/h2,4-7,10,19H,3,8-9,11H2,1H3. The van der Waals surface area contributed by atoms with Crippen LogP contribution in [0.4, 0.5) is 5.69 Å². The van der Waals surface area contributed by atoms with Crippen LogP contribution in [-0.4, -0.2) is 13.2 Å². The Bertz CT molecular complexity index is 622. The van der Waals surface area contributed by atoms with Crippen molar-refractivity contribution in [1.29, 1.82) is 0 Å². The van der Waals surface area contributed by atoms with Crippen LogP contribution in [0.1, 0.15) is 17.5 Å². The molecule has 2 aromatic carbocycles. The highest BCUT2D eigenvalue weighted by atomic mass is 35.5. The number of hydrogen-bond acceptors (Lipinski definition) is 3. The van der Waals surface area contributed by atoms with Gasteiger partial charge in [-0.15, -0.1) is 0 Å². The van der Waals surface area contributed by atoms with Crippen molar-refractivity contribution in [2.45, 2.75) is 19.9 Å². The van der Waals surface area contributed by atoms with E-state index >= 15 is 0 Å². The van der Waals surface area contributed by atoms with Gasteiger partial charge in [0.15, 0.2) is 11.5 Å². The van der Waals surface area contributed by atoms with Gasteiger partial charge in [0.2, 0.25) is 0 Å². The average molecular weight is 304 g/mol. The Hall–Kier alpha value is -1.87. The van der Waals surface area contributed by atoms with Gasteiger partial charge in [0.05, 0.1) is 23.9 Å². The molecule has 0 bridgehead atoms. The molecule has 0 unspecified atom stereocenters. The minimum absolute atomic E-state index is 0.696. The first-order valence-electron chi connectivity index (χ1n) is 7.11. The summed E-state index contributed by atoms with van der Waals surface area (Å²) in [5, 5.41) is 4.13. The Morgan fingerprint density at radius 3 is 2.71 bits per heavy atom. The molecule has 2 aromatic rings. The quantitative estimate of drug-likeness (QED) is 0.910. The third-order valence-electron chi connectivity index (χ3n) is 3.50. The van der Waals surface area contributed by atoms with E-state index in [-0.39, 0.29) is 0 Å². The Morgan fingerprint density at radius 2 is 1.90 bits per heavy atom. The Kier molecular flexibility index (Phi) is 4.20. The van der Waals surface area contributed by atoms with Crippen LogP contribution >= 0.6 is 11.6 Å². The lowest BCUT2D eigenvalue weighted by Gasteiger charge is -2.13. The van der Waals surface area contributed by atoms with Crippen molar-refractivity contribution in [3.63, 3.8) is 0 Å². The maximum Gasteiger partial charge on any atom is 0.161 e. The molecule has 0 saturated heterocycles. The molecule has 0 radical (unpaired) electrons. The summed E-state index contributed by atoms with van der Waals surface area (Å²) < 4.78 is 11.3. The fourth-order valence-corrected chi connectivity index (χ4v) is 2.65. The van der Waals surface area contributed by atoms with Crippen molar-refractivity contribution >= 4 is 17.3 Å². The highest BCUT2D eigenvalue weighted by Gasteiger charge is 2.11. The summed E-state index contributed by atoms with van der Waals surface area (Å²) in [6.07, 6.45) is 0.918. The predicted molar refractivity (Wildman–Crippen MR) is 85.6 cm³/mol. The maximum atomic E-state index is 6.23. The van der Waals surface area contributed by atoms with Gasteiger partial charge in [0.1, 0.15) is 0 Å². The predicted octanol–water partition coefficient (Wildman–Crippen LogP) is 4.42. The van der Waals surface area contributed by atoms with Crippen molar-refractivity contribution in [1.82, 2.24) is 0 Å². The number of halogens is 1. The van der Waals surface area contributed by atoms with Crippen LogP contribution in [0.3, 0.4) is 0 Å². The molecule has 21 heavy (non-hydrogen) atoms. The topological polar surface area (TPSA) is 30.5 Å². The van der Waals surface area contributed by atoms with E-state index in [9.17, 15) is 0 Å². The van der Waals surface area contributed by atoms with Gasteiger partial charge < -0.3 is 14.8 Å². The molecule has 0 atom stereocenters. The molecule has 3 rings (SSSR count). The normalized spacial score (nSPS) is 13.6. The zero-order chi connectivity index (χ0) is 14.7. The summed E-state index contributed by atoms with van der Waals surface area (Å²) in [5.74, 6) is 1.65. The van der Waals surface area contributed by atoms with E-state index < -0.39 is 0 Å². The first-order chi connectivity index (χ1) is 10.2. The van der Waals surface area contributed by atoms with Gasteiger partial charge in [-0.2, -0.15) is 0 Å². The summed E-state index contributed by atoms with van der Waals surface area (Å²) in [4.78, 5) is 0. The minimum atomic E-state index is 0.696. The third-order valence-corrected chi connectivity index (χ3v) is 3.82. The van der Waals surface area contributed by atoms with Crippen LogP contribution in [0.15, 0.2) is 36.4 Å². The molecule has 0 fully saturated rings. The van der Waals surface area contributed by atoms with Crippen molar-refractivity contribution in [3.8, 4) is 11.5 Å². The largest absolute Gasteiger partial charge is 0.490 e. The van der Waals surface area contributed by atoms with Gasteiger partial charge in [0.25, 0.3) is 0 Å². The summed E-state index contributed by atoms with van der Waals surface area (Å²) >= 11 is 6.23. The summed E-state index contributed by atoms with van der Waals surface area (Å²) in [6, 6.07) is 11.9. The van der Waals surface area contributed by atoms with E-state index in [1.54, 1.807) is 0 Å². The van der Waals surface area contributed by atoms with Crippen LogP contribution in [0, 0.1) is 6.92 Å². The fraction of sp³-hybridized carbons (Fsp3) is 0.294. The van der Waals surface area contributed by atoms with Gasteiger partial charge in [-0.05, 0) is 36.2 Å². The maximum absolute atomic E-state index is 6.23. The van der Waals surface area contributed by atoms with Gasteiger partial charge in [-0.1, -0.05) is 29.8 Å². The van der Waals surface area contributed by atoms with Crippen LogP contribution in [0.5, 0.6) is 11.5 Å². The highest BCUT2D eigenvalue weighted by molar-refractivity contribution is 6.33. The molecule has 110 valence electrons. The smallest absolute Gasteiger partial charge is 0.161 e. The monoisotopic (exact) mass is 303 g/mol. The number of fused-ring (bicyclic) bond motifs is 1. The molecule has 3 nitrogen and oxygen atoms in total. The molecule has 1 aliphatic heterocycles. The molecule has 1 aliphatic rings. The van der Waals surface area contributed by atoms with E-state index in [1.807, 2.05) is 43.3 Å². The van der Waals surface area contributed by atoms with Gasteiger partial charge in [-0.3, -0.25) is 0 Å². The van der Waals surface area contributed by atoms with Crippen LogP contribution in [0.25, 0.3) is 0 Å². The molecular formula is C17H18ClNO2. The number of rotatable bonds is 3. The first kappa shape index (κ1) is 14.1. The van der Waals surface area contributed by atoms with Crippen molar-refractivity contribution in [2.24, 2.45) is 0 Å². The molecule has 4 heteroatoms. The molecule has 0 spiro atoms. The zero-order valence-corrected chi connectivity index (χ0v) is 12.7. The van der Waals surface area contributed by atoms with Crippen LogP contribution in [-0.2, 0) is 6.54 Å². The van der Waals surface area contributed by atoms with E-state index in [2.05, 4.69) is 5.32 Å². The summed E-state index contributed by atoms with van der Waals surface area (Å²) in [5.41, 5.74) is 3.25. The molecule has 0 saturated carbocycles. The molecule has 0 aliphatic carbocycles. The Labute approximate surface area is 129 Å². The van der Waals surface area contributed by atoms with Gasteiger partial charge >= 0.3 is 0 Å². The third kappa shape index (κ3) is 3.24. The highest BCUT2D eigenvalue weighted by Crippen LogP contribution is 2.31. The molecule has 0 amide bonds. The minimum Gasteiger partial charge on any atom is -0.490 e. The average Bonchev–Trinajstić information content (AvgIpc) is 2.71. The van der Waals surface area contributed by atoms with Crippen molar-refractivity contribution in [3.05, 3.63) is 52.5 Å². The first-order valence-corrected chi connectivity index (χ1v) is 7.49. The lowest BCUT2D eigenvalue weighted by Crippen LogP contribution is -2.02. The number of anilines is 1. The lowest BCUT2D eigenvalue weighted by atomic mass is 10.1. The second kappa shape index (κ2) is 6.27. The molecule has 1 N–H and O–H groups in total. The van der Waals surface area contributed by atoms with Crippen molar-refractivity contribution in [2.75, 3.05) is 18.5 Å². The number of hydrogen-bond donors (Lipinski definition) is 1. The zero-order valence-electron chi connectivity index (χ0n) is 12.0. The van der Waals surface area contributed by atoms with E-state index in [4.69, 9.17) is 21.1 Å². The molecule has 1 heterocycles.